The van der Waals surface area contributed by atoms with Crippen LogP contribution in [0.15, 0.2) is 17.0 Å². The fourth-order valence-electron chi connectivity index (χ4n) is 2.36. The van der Waals surface area contributed by atoms with E-state index in [2.05, 4.69) is 23.5 Å². The van der Waals surface area contributed by atoms with Crippen LogP contribution in [0.25, 0.3) is 0 Å². The number of hydrogen-bond acceptors (Lipinski definition) is 5. The quantitative estimate of drug-likeness (QED) is 0.658. The van der Waals surface area contributed by atoms with Gasteiger partial charge in [-0.3, -0.25) is 0 Å². The van der Waals surface area contributed by atoms with Crippen molar-refractivity contribution in [1.82, 2.24) is 9.62 Å². The normalized spacial score (nSPS) is 11.7. The van der Waals surface area contributed by atoms with Crippen LogP contribution in [-0.4, -0.2) is 53.7 Å². The molecule has 0 amide bonds. The Kier molecular flexibility index (Phi) is 7.81. The van der Waals surface area contributed by atoms with E-state index in [-0.39, 0.29) is 4.90 Å². The minimum atomic E-state index is -3.64. The van der Waals surface area contributed by atoms with E-state index in [1.165, 1.54) is 20.3 Å². The van der Waals surface area contributed by atoms with Gasteiger partial charge in [0.15, 0.2) is 0 Å². The van der Waals surface area contributed by atoms with Gasteiger partial charge in [-0.2, -0.15) is 0 Å². The topological polar surface area (TPSA) is 67.9 Å². The Morgan fingerprint density at radius 3 is 2.22 bits per heavy atom. The molecule has 0 spiro atoms. The largest absolute Gasteiger partial charge is 0.496 e. The SMILES string of the molecule is CCN(CC)CCCNS(=O)(=O)c1cc(OC)c(C)cc1OC. The Balaban J connectivity index is 2.83. The highest BCUT2D eigenvalue weighted by Crippen LogP contribution is 2.31. The fourth-order valence-corrected chi connectivity index (χ4v) is 3.60. The van der Waals surface area contributed by atoms with Crippen molar-refractivity contribution in [2.45, 2.75) is 32.1 Å². The summed E-state index contributed by atoms with van der Waals surface area (Å²) in [6, 6.07) is 3.17. The molecule has 1 N–H and O–H groups in total. The van der Waals surface area contributed by atoms with Crippen LogP contribution in [0.3, 0.4) is 0 Å². The van der Waals surface area contributed by atoms with E-state index in [1.54, 1.807) is 6.07 Å². The van der Waals surface area contributed by atoms with Crippen molar-refractivity contribution in [3.63, 3.8) is 0 Å². The van der Waals surface area contributed by atoms with Gasteiger partial charge < -0.3 is 14.4 Å². The third-order valence-corrected chi connectivity index (χ3v) is 5.29. The predicted octanol–water partition coefficient (Wildman–Crippen LogP) is 2.02. The third kappa shape index (κ3) is 5.37. The first-order valence-corrected chi connectivity index (χ1v) is 9.32. The van der Waals surface area contributed by atoms with Crippen LogP contribution in [0, 0.1) is 6.92 Å². The fraction of sp³-hybridized carbons (Fsp3) is 0.625. The highest BCUT2D eigenvalue weighted by molar-refractivity contribution is 7.89. The lowest BCUT2D eigenvalue weighted by atomic mass is 10.2. The second-order valence-electron chi connectivity index (χ2n) is 5.25. The van der Waals surface area contributed by atoms with Crippen molar-refractivity contribution in [2.24, 2.45) is 0 Å². The summed E-state index contributed by atoms with van der Waals surface area (Å²) in [4.78, 5) is 2.36. The molecule has 132 valence electrons. The van der Waals surface area contributed by atoms with Crippen molar-refractivity contribution in [1.29, 1.82) is 0 Å². The minimum Gasteiger partial charge on any atom is -0.496 e. The van der Waals surface area contributed by atoms with Crippen LogP contribution in [0.4, 0.5) is 0 Å². The van der Waals surface area contributed by atoms with Gasteiger partial charge in [0.05, 0.1) is 14.2 Å². The van der Waals surface area contributed by atoms with Crippen LogP contribution in [0.2, 0.25) is 0 Å². The first-order valence-electron chi connectivity index (χ1n) is 7.84. The van der Waals surface area contributed by atoms with Crippen molar-refractivity contribution < 1.29 is 17.9 Å². The summed E-state index contributed by atoms with van der Waals surface area (Å²) in [6.45, 7) is 9.21. The molecule has 1 rings (SSSR count). The van der Waals surface area contributed by atoms with Gasteiger partial charge in [0.1, 0.15) is 16.4 Å². The lowest BCUT2D eigenvalue weighted by molar-refractivity contribution is 0.300. The highest BCUT2D eigenvalue weighted by atomic mass is 32.2. The van der Waals surface area contributed by atoms with Gasteiger partial charge >= 0.3 is 0 Å². The van der Waals surface area contributed by atoms with E-state index in [0.29, 0.717) is 18.0 Å². The standard InChI is InChI=1S/C16H28N2O4S/c1-6-18(7-2)10-8-9-17-23(19,20)16-12-14(21-4)13(3)11-15(16)22-5/h11-12,17H,6-10H2,1-5H3. The van der Waals surface area contributed by atoms with Crippen molar-refractivity contribution in [3.05, 3.63) is 17.7 Å². The summed E-state index contributed by atoms with van der Waals surface area (Å²) in [7, 11) is -0.662. The molecule has 6 nitrogen and oxygen atoms in total. The van der Waals surface area contributed by atoms with Crippen molar-refractivity contribution in [2.75, 3.05) is 40.4 Å². The zero-order chi connectivity index (χ0) is 17.5. The summed E-state index contributed by atoms with van der Waals surface area (Å²) in [6.07, 6.45) is 0.756. The summed E-state index contributed by atoms with van der Waals surface area (Å²) < 4.78 is 38.1. The monoisotopic (exact) mass is 344 g/mol. The van der Waals surface area contributed by atoms with Crippen LogP contribution >= 0.6 is 0 Å². The molecule has 0 atom stereocenters. The van der Waals surface area contributed by atoms with Gasteiger partial charge in [0.25, 0.3) is 0 Å². The maximum absolute atomic E-state index is 12.5. The molecule has 0 unspecified atom stereocenters. The molecule has 1 aromatic rings. The Morgan fingerprint density at radius 1 is 1.09 bits per heavy atom. The number of hydrogen-bond donors (Lipinski definition) is 1. The highest BCUT2D eigenvalue weighted by Gasteiger charge is 2.21. The number of sulfonamides is 1. The first kappa shape index (κ1) is 19.7. The molecule has 0 radical (unpaired) electrons. The van der Waals surface area contributed by atoms with Crippen LogP contribution in [0.5, 0.6) is 11.5 Å². The molecule has 0 heterocycles. The molecular formula is C16H28N2O4S. The second kappa shape index (κ2) is 9.10. The molecule has 0 aliphatic heterocycles. The van der Waals surface area contributed by atoms with Crippen LogP contribution < -0.4 is 14.2 Å². The Bertz CT molecular complexity index is 598. The van der Waals surface area contributed by atoms with Gasteiger partial charge in [-0.1, -0.05) is 13.8 Å². The second-order valence-corrected chi connectivity index (χ2v) is 6.99. The van der Waals surface area contributed by atoms with E-state index in [0.717, 1.165) is 31.6 Å². The number of methoxy groups -OCH3 is 2. The molecule has 0 aliphatic rings. The third-order valence-electron chi connectivity index (χ3n) is 3.81. The molecule has 1 aromatic carbocycles. The van der Waals surface area contributed by atoms with E-state index >= 15 is 0 Å². The minimum absolute atomic E-state index is 0.102. The number of ether oxygens (including phenoxy) is 2. The Labute approximate surface area is 139 Å². The number of benzene rings is 1. The average molecular weight is 344 g/mol. The predicted molar refractivity (Wildman–Crippen MR) is 91.9 cm³/mol. The van der Waals surface area contributed by atoms with Crippen molar-refractivity contribution in [3.8, 4) is 11.5 Å². The number of nitrogens with one attached hydrogen (secondary N) is 1. The Morgan fingerprint density at radius 2 is 1.70 bits per heavy atom. The Hall–Kier alpha value is -1.31. The molecule has 7 heteroatoms. The summed E-state index contributed by atoms with van der Waals surface area (Å²) >= 11 is 0. The molecule has 0 bridgehead atoms. The summed E-state index contributed by atoms with van der Waals surface area (Å²) in [5, 5.41) is 0. The molecule has 23 heavy (non-hydrogen) atoms. The summed E-state index contributed by atoms with van der Waals surface area (Å²) in [5.74, 6) is 0.842. The van der Waals surface area contributed by atoms with Gasteiger partial charge in [-0.15, -0.1) is 0 Å². The van der Waals surface area contributed by atoms with E-state index < -0.39 is 10.0 Å². The van der Waals surface area contributed by atoms with Gasteiger partial charge in [0, 0.05) is 12.6 Å². The maximum Gasteiger partial charge on any atom is 0.244 e. The molecule has 0 fully saturated rings. The lowest BCUT2D eigenvalue weighted by Gasteiger charge is -2.18. The average Bonchev–Trinajstić information content (AvgIpc) is 2.54. The molecule has 0 aromatic heterocycles. The first-order chi connectivity index (χ1) is 10.9. The van der Waals surface area contributed by atoms with Gasteiger partial charge in [-0.05, 0) is 44.6 Å². The lowest BCUT2D eigenvalue weighted by Crippen LogP contribution is -2.30. The molecular weight excluding hydrogens is 316 g/mol. The summed E-state index contributed by atoms with van der Waals surface area (Å²) in [5.41, 5.74) is 0.824. The van der Waals surface area contributed by atoms with E-state index in [9.17, 15) is 8.42 Å². The van der Waals surface area contributed by atoms with Crippen molar-refractivity contribution >= 4 is 10.0 Å². The molecule has 0 saturated heterocycles. The van der Waals surface area contributed by atoms with E-state index in [4.69, 9.17) is 9.47 Å². The number of aryl methyl sites for hydroxylation is 1. The van der Waals surface area contributed by atoms with Gasteiger partial charge in [0.2, 0.25) is 10.0 Å². The number of nitrogens with zero attached hydrogens (tertiary/aromatic N) is 1. The number of rotatable bonds is 10. The smallest absolute Gasteiger partial charge is 0.244 e. The maximum atomic E-state index is 12.5. The molecule has 0 aliphatic carbocycles. The van der Waals surface area contributed by atoms with Crippen LogP contribution in [0.1, 0.15) is 25.8 Å². The van der Waals surface area contributed by atoms with Gasteiger partial charge in [-0.25, -0.2) is 13.1 Å². The van der Waals surface area contributed by atoms with E-state index in [1.807, 2.05) is 6.92 Å². The zero-order valence-electron chi connectivity index (χ0n) is 14.7. The molecule has 0 saturated carbocycles. The van der Waals surface area contributed by atoms with Crippen LogP contribution in [-0.2, 0) is 10.0 Å². The zero-order valence-corrected chi connectivity index (χ0v) is 15.5.